The number of hydrogen-bond acceptors (Lipinski definition) is 4. The van der Waals surface area contributed by atoms with Crippen molar-refractivity contribution in [2.24, 2.45) is 0 Å². The molecule has 2 saturated heterocycles. The highest BCUT2D eigenvalue weighted by molar-refractivity contribution is 5.98. The standard InChI is InChI=1S/C17H23N3O3/c21-16(15-12-23-10-7-18-15)19-14-6-4-5-13(11-14)17(22)20-8-2-1-3-9-20/h4-6,11,15,18H,1-3,7-10,12H2,(H,19,21). The number of carbonyl (C=O) groups is 2. The van der Waals surface area contributed by atoms with Gasteiger partial charge in [0.1, 0.15) is 6.04 Å². The van der Waals surface area contributed by atoms with Crippen LogP contribution in [-0.2, 0) is 9.53 Å². The fourth-order valence-corrected chi connectivity index (χ4v) is 2.97. The number of piperidine rings is 1. The summed E-state index contributed by atoms with van der Waals surface area (Å²) in [7, 11) is 0. The molecule has 2 aliphatic rings. The number of morpholine rings is 1. The normalized spacial score (nSPS) is 21.7. The van der Waals surface area contributed by atoms with Gasteiger partial charge in [-0.2, -0.15) is 0 Å². The average molecular weight is 317 g/mol. The zero-order valence-electron chi connectivity index (χ0n) is 13.2. The third kappa shape index (κ3) is 4.09. The van der Waals surface area contributed by atoms with Crippen LogP contribution in [0.1, 0.15) is 29.6 Å². The molecule has 2 fully saturated rings. The molecule has 0 aromatic heterocycles. The number of benzene rings is 1. The van der Waals surface area contributed by atoms with Crippen LogP contribution in [0, 0.1) is 0 Å². The smallest absolute Gasteiger partial charge is 0.253 e. The van der Waals surface area contributed by atoms with Crippen LogP contribution >= 0.6 is 0 Å². The van der Waals surface area contributed by atoms with Gasteiger partial charge in [-0.15, -0.1) is 0 Å². The Bertz CT molecular complexity index is 564. The number of nitrogens with zero attached hydrogens (tertiary/aromatic N) is 1. The first-order valence-corrected chi connectivity index (χ1v) is 8.25. The predicted molar refractivity (Wildman–Crippen MR) is 87.4 cm³/mol. The number of likely N-dealkylation sites (tertiary alicyclic amines) is 1. The first-order chi connectivity index (χ1) is 11.2. The van der Waals surface area contributed by atoms with E-state index in [-0.39, 0.29) is 17.9 Å². The van der Waals surface area contributed by atoms with Crippen molar-refractivity contribution in [3.63, 3.8) is 0 Å². The molecule has 2 N–H and O–H groups in total. The maximum Gasteiger partial charge on any atom is 0.253 e. The van der Waals surface area contributed by atoms with Gasteiger partial charge in [-0.05, 0) is 37.5 Å². The maximum absolute atomic E-state index is 12.5. The second kappa shape index (κ2) is 7.57. The van der Waals surface area contributed by atoms with Gasteiger partial charge in [0.15, 0.2) is 0 Å². The highest BCUT2D eigenvalue weighted by Crippen LogP contribution is 2.16. The molecule has 1 aromatic carbocycles. The Morgan fingerprint density at radius 3 is 2.78 bits per heavy atom. The van der Waals surface area contributed by atoms with Gasteiger partial charge in [0.25, 0.3) is 5.91 Å². The van der Waals surface area contributed by atoms with E-state index >= 15 is 0 Å². The van der Waals surface area contributed by atoms with Crippen LogP contribution in [0.25, 0.3) is 0 Å². The van der Waals surface area contributed by atoms with E-state index in [1.54, 1.807) is 24.3 Å². The summed E-state index contributed by atoms with van der Waals surface area (Å²) in [5, 5.41) is 5.97. The number of amides is 2. The Balaban J connectivity index is 1.64. The lowest BCUT2D eigenvalue weighted by atomic mass is 10.1. The lowest BCUT2D eigenvalue weighted by Gasteiger charge is -2.27. The van der Waals surface area contributed by atoms with Crippen molar-refractivity contribution >= 4 is 17.5 Å². The van der Waals surface area contributed by atoms with Crippen LogP contribution in [0.2, 0.25) is 0 Å². The van der Waals surface area contributed by atoms with E-state index in [4.69, 9.17) is 4.74 Å². The van der Waals surface area contributed by atoms with Gasteiger partial charge in [-0.25, -0.2) is 0 Å². The van der Waals surface area contributed by atoms with Gasteiger partial charge < -0.3 is 20.3 Å². The molecule has 6 heteroatoms. The molecule has 0 saturated carbocycles. The molecule has 1 unspecified atom stereocenters. The molecule has 1 atom stereocenters. The van der Waals surface area contributed by atoms with Gasteiger partial charge in [-0.3, -0.25) is 9.59 Å². The van der Waals surface area contributed by atoms with Crippen molar-refractivity contribution in [2.75, 3.05) is 38.2 Å². The Morgan fingerprint density at radius 2 is 2.04 bits per heavy atom. The third-order valence-corrected chi connectivity index (χ3v) is 4.26. The predicted octanol–water partition coefficient (Wildman–Crippen LogP) is 1.24. The molecule has 2 amide bonds. The van der Waals surface area contributed by atoms with Crippen LogP contribution in [0.15, 0.2) is 24.3 Å². The van der Waals surface area contributed by atoms with E-state index in [2.05, 4.69) is 10.6 Å². The minimum absolute atomic E-state index is 0.0416. The topological polar surface area (TPSA) is 70.7 Å². The fraction of sp³-hybridized carbons (Fsp3) is 0.529. The molecule has 6 nitrogen and oxygen atoms in total. The number of ether oxygens (including phenoxy) is 1. The van der Waals surface area contributed by atoms with Crippen LogP contribution < -0.4 is 10.6 Å². The fourth-order valence-electron chi connectivity index (χ4n) is 2.97. The molecular formula is C17H23N3O3. The van der Waals surface area contributed by atoms with Crippen LogP contribution in [0.3, 0.4) is 0 Å². The molecular weight excluding hydrogens is 294 g/mol. The summed E-state index contributed by atoms with van der Waals surface area (Å²) in [4.78, 5) is 26.6. The first kappa shape index (κ1) is 16.0. The average Bonchev–Trinajstić information content (AvgIpc) is 2.63. The summed E-state index contributed by atoms with van der Waals surface area (Å²) in [6.45, 7) is 3.31. The first-order valence-electron chi connectivity index (χ1n) is 8.25. The van der Waals surface area contributed by atoms with Gasteiger partial charge in [0.2, 0.25) is 5.91 Å². The number of carbonyl (C=O) groups excluding carboxylic acids is 2. The van der Waals surface area contributed by atoms with Gasteiger partial charge in [0.05, 0.1) is 13.2 Å². The van der Waals surface area contributed by atoms with Crippen molar-refractivity contribution in [3.05, 3.63) is 29.8 Å². The number of nitrogens with one attached hydrogen (secondary N) is 2. The number of anilines is 1. The lowest BCUT2D eigenvalue weighted by Crippen LogP contribution is -2.48. The largest absolute Gasteiger partial charge is 0.378 e. The summed E-state index contributed by atoms with van der Waals surface area (Å²) in [6, 6.07) is 6.81. The molecule has 0 radical (unpaired) electrons. The van der Waals surface area contributed by atoms with Gasteiger partial charge >= 0.3 is 0 Å². The van der Waals surface area contributed by atoms with E-state index < -0.39 is 0 Å². The molecule has 0 aliphatic carbocycles. The summed E-state index contributed by atoms with van der Waals surface area (Å²) < 4.78 is 5.30. The van der Waals surface area contributed by atoms with Crippen LogP contribution in [0.4, 0.5) is 5.69 Å². The summed E-state index contributed by atoms with van der Waals surface area (Å²) in [6.07, 6.45) is 3.32. The monoisotopic (exact) mass is 317 g/mol. The Labute approximate surface area is 136 Å². The molecule has 3 rings (SSSR count). The Morgan fingerprint density at radius 1 is 1.22 bits per heavy atom. The Hall–Kier alpha value is -1.92. The quantitative estimate of drug-likeness (QED) is 0.880. The number of rotatable bonds is 3. The molecule has 124 valence electrons. The molecule has 2 aliphatic heterocycles. The van der Waals surface area contributed by atoms with E-state index in [1.807, 2.05) is 4.90 Å². The molecule has 1 aromatic rings. The van der Waals surface area contributed by atoms with Crippen molar-refractivity contribution in [1.82, 2.24) is 10.2 Å². The summed E-state index contributed by atoms with van der Waals surface area (Å²) >= 11 is 0. The third-order valence-electron chi connectivity index (χ3n) is 4.26. The Kier molecular flexibility index (Phi) is 5.25. The lowest BCUT2D eigenvalue weighted by molar-refractivity contribution is -0.120. The highest BCUT2D eigenvalue weighted by atomic mass is 16.5. The van der Waals surface area contributed by atoms with Crippen molar-refractivity contribution in [3.8, 4) is 0 Å². The highest BCUT2D eigenvalue weighted by Gasteiger charge is 2.22. The van der Waals surface area contributed by atoms with E-state index in [9.17, 15) is 9.59 Å². The van der Waals surface area contributed by atoms with Crippen molar-refractivity contribution < 1.29 is 14.3 Å². The number of hydrogen-bond donors (Lipinski definition) is 2. The molecule has 0 spiro atoms. The molecule has 23 heavy (non-hydrogen) atoms. The van der Waals surface area contributed by atoms with Crippen molar-refractivity contribution in [2.45, 2.75) is 25.3 Å². The zero-order chi connectivity index (χ0) is 16.1. The molecule has 2 heterocycles. The van der Waals surface area contributed by atoms with Crippen molar-refractivity contribution in [1.29, 1.82) is 0 Å². The zero-order valence-corrected chi connectivity index (χ0v) is 13.2. The van der Waals surface area contributed by atoms with Crippen LogP contribution in [-0.4, -0.2) is 55.6 Å². The van der Waals surface area contributed by atoms with Gasteiger partial charge in [0, 0.05) is 30.9 Å². The molecule has 0 bridgehead atoms. The minimum atomic E-state index is -0.342. The minimum Gasteiger partial charge on any atom is -0.378 e. The second-order valence-electron chi connectivity index (χ2n) is 6.00. The van der Waals surface area contributed by atoms with E-state index in [1.165, 1.54) is 6.42 Å². The van der Waals surface area contributed by atoms with Gasteiger partial charge in [-0.1, -0.05) is 6.07 Å². The van der Waals surface area contributed by atoms with E-state index in [0.717, 1.165) is 25.9 Å². The van der Waals surface area contributed by atoms with E-state index in [0.29, 0.717) is 31.0 Å². The SMILES string of the molecule is O=C(Nc1cccc(C(=O)N2CCCCC2)c1)C1COCCN1. The summed E-state index contributed by atoms with van der Waals surface area (Å²) in [5.74, 6) is -0.0906. The summed E-state index contributed by atoms with van der Waals surface area (Å²) in [5.41, 5.74) is 1.27. The maximum atomic E-state index is 12.5. The van der Waals surface area contributed by atoms with Crippen LogP contribution in [0.5, 0.6) is 0 Å². The second-order valence-corrected chi connectivity index (χ2v) is 6.00.